The third-order valence-corrected chi connectivity index (χ3v) is 4.99. The van der Waals surface area contributed by atoms with Gasteiger partial charge in [0.05, 0.1) is 17.6 Å². The minimum atomic E-state index is -3.72. The highest BCUT2D eigenvalue weighted by molar-refractivity contribution is 7.89. The molecule has 1 aromatic carbocycles. The highest BCUT2D eigenvalue weighted by atomic mass is 32.2. The molecule has 0 spiro atoms. The first kappa shape index (κ1) is 16.4. The number of sulfonamides is 1. The highest BCUT2D eigenvalue weighted by Crippen LogP contribution is 2.24. The molecule has 0 amide bonds. The number of hydrogen-bond acceptors (Lipinski definition) is 4. The van der Waals surface area contributed by atoms with Crippen LogP contribution in [0, 0.1) is 19.7 Å². The van der Waals surface area contributed by atoms with Crippen molar-refractivity contribution in [2.45, 2.75) is 44.5 Å². The van der Waals surface area contributed by atoms with Crippen LogP contribution in [-0.4, -0.2) is 33.5 Å². The van der Waals surface area contributed by atoms with Crippen molar-refractivity contribution in [3.8, 4) is 0 Å². The van der Waals surface area contributed by atoms with Crippen molar-refractivity contribution >= 4 is 10.0 Å². The molecule has 1 aliphatic rings. The lowest BCUT2D eigenvalue weighted by Gasteiger charge is -2.18. The average Bonchev–Trinajstić information content (AvgIpc) is 2.65. The van der Waals surface area contributed by atoms with Gasteiger partial charge in [-0.25, -0.2) is 17.5 Å². The zero-order valence-corrected chi connectivity index (χ0v) is 13.4. The monoisotopic (exact) mass is 317 g/mol. The number of benzene rings is 1. The summed E-state index contributed by atoms with van der Waals surface area (Å²) in [6.07, 6.45) is -0.337. The number of hydrogen-bond donors (Lipinski definition) is 1. The molecule has 1 aliphatic heterocycles. The van der Waals surface area contributed by atoms with Gasteiger partial charge in [-0.05, 0) is 51.0 Å². The summed E-state index contributed by atoms with van der Waals surface area (Å²) in [6.45, 7) is 7.14. The Kier molecular flexibility index (Phi) is 4.39. The van der Waals surface area contributed by atoms with Crippen LogP contribution in [0.4, 0.5) is 4.39 Å². The van der Waals surface area contributed by atoms with Crippen molar-refractivity contribution in [2.24, 2.45) is 0 Å². The Balaban J connectivity index is 2.13. The molecule has 1 N–H and O–H groups in total. The molecule has 0 saturated carbocycles. The first-order chi connectivity index (χ1) is 9.61. The summed E-state index contributed by atoms with van der Waals surface area (Å²) in [5.41, 5.74) is 0.757. The Hall–Kier alpha value is -1.02. The fraction of sp³-hybridized carbons (Fsp3) is 0.571. The lowest BCUT2D eigenvalue weighted by atomic mass is 10.1. The van der Waals surface area contributed by atoms with E-state index in [2.05, 4.69) is 4.72 Å². The molecule has 1 aromatic rings. The van der Waals surface area contributed by atoms with Gasteiger partial charge in [-0.1, -0.05) is 0 Å². The van der Waals surface area contributed by atoms with Crippen molar-refractivity contribution in [1.82, 2.24) is 4.72 Å². The summed E-state index contributed by atoms with van der Waals surface area (Å²) in [4.78, 5) is 0.113. The minimum absolute atomic E-state index is 0.113. The highest BCUT2D eigenvalue weighted by Gasteiger charge is 2.33. The average molecular weight is 317 g/mol. The maximum Gasteiger partial charge on any atom is 0.241 e. The fourth-order valence-corrected chi connectivity index (χ4v) is 3.98. The standard InChI is InChI=1S/C14H20FNO4S/c1-9-5-11(15)6-10(2)13(9)21(17,18)16-7-12-8-19-14(3,4)20-12/h5-6,12,16H,7-8H2,1-4H3. The summed E-state index contributed by atoms with van der Waals surface area (Å²) < 4.78 is 51.4. The SMILES string of the molecule is Cc1cc(F)cc(C)c1S(=O)(=O)NCC1COC(C)(C)O1. The van der Waals surface area contributed by atoms with Gasteiger partial charge in [0.2, 0.25) is 10.0 Å². The third-order valence-electron chi connectivity index (χ3n) is 3.26. The maximum absolute atomic E-state index is 13.3. The first-order valence-electron chi connectivity index (χ1n) is 6.69. The Bertz CT molecular complexity index is 619. The molecule has 5 nitrogen and oxygen atoms in total. The van der Waals surface area contributed by atoms with Crippen molar-refractivity contribution < 1.29 is 22.3 Å². The van der Waals surface area contributed by atoms with Crippen LogP contribution < -0.4 is 4.72 Å². The number of nitrogens with one attached hydrogen (secondary N) is 1. The minimum Gasteiger partial charge on any atom is -0.348 e. The van der Waals surface area contributed by atoms with E-state index in [0.717, 1.165) is 0 Å². The largest absolute Gasteiger partial charge is 0.348 e. The van der Waals surface area contributed by atoms with Crippen LogP contribution in [0.1, 0.15) is 25.0 Å². The van der Waals surface area contributed by atoms with E-state index in [-0.39, 0.29) is 17.5 Å². The molecular formula is C14H20FNO4S. The van der Waals surface area contributed by atoms with E-state index in [9.17, 15) is 12.8 Å². The van der Waals surface area contributed by atoms with Gasteiger partial charge in [0.25, 0.3) is 0 Å². The van der Waals surface area contributed by atoms with Crippen LogP contribution in [0.15, 0.2) is 17.0 Å². The zero-order chi connectivity index (χ0) is 15.8. The summed E-state index contributed by atoms with van der Waals surface area (Å²) in [6, 6.07) is 2.42. The molecule has 2 rings (SSSR count). The molecular weight excluding hydrogens is 297 g/mol. The van der Waals surface area contributed by atoms with Gasteiger partial charge in [0.1, 0.15) is 5.82 Å². The molecule has 118 valence electrons. The molecule has 0 bridgehead atoms. The molecule has 1 unspecified atom stereocenters. The van der Waals surface area contributed by atoms with Crippen molar-refractivity contribution in [3.05, 3.63) is 29.1 Å². The normalized spacial score (nSPS) is 21.7. The molecule has 1 saturated heterocycles. The second-order valence-electron chi connectivity index (χ2n) is 5.67. The van der Waals surface area contributed by atoms with Gasteiger partial charge in [-0.15, -0.1) is 0 Å². The Labute approximate surface area is 124 Å². The molecule has 0 radical (unpaired) electrons. The second-order valence-corrected chi connectivity index (χ2v) is 7.38. The van der Waals surface area contributed by atoms with Crippen LogP contribution in [0.25, 0.3) is 0 Å². The fourth-order valence-electron chi connectivity index (χ4n) is 2.46. The summed E-state index contributed by atoms with van der Waals surface area (Å²) in [5.74, 6) is -1.14. The number of rotatable bonds is 4. The maximum atomic E-state index is 13.3. The molecule has 1 heterocycles. The van der Waals surface area contributed by atoms with E-state index in [1.807, 2.05) is 0 Å². The van der Waals surface area contributed by atoms with E-state index in [4.69, 9.17) is 9.47 Å². The Morgan fingerprint density at radius 3 is 2.38 bits per heavy atom. The molecule has 1 fully saturated rings. The van der Waals surface area contributed by atoms with Crippen LogP contribution >= 0.6 is 0 Å². The van der Waals surface area contributed by atoms with Crippen molar-refractivity contribution in [1.29, 1.82) is 0 Å². The molecule has 1 atom stereocenters. The lowest BCUT2D eigenvalue weighted by molar-refractivity contribution is -0.137. The van der Waals surface area contributed by atoms with Gasteiger partial charge in [-0.2, -0.15) is 0 Å². The first-order valence-corrected chi connectivity index (χ1v) is 8.17. The zero-order valence-electron chi connectivity index (χ0n) is 12.6. The second kappa shape index (κ2) is 5.64. The van der Waals surface area contributed by atoms with Crippen molar-refractivity contribution in [3.63, 3.8) is 0 Å². The number of ether oxygens (including phenoxy) is 2. The topological polar surface area (TPSA) is 64.6 Å². The Morgan fingerprint density at radius 2 is 1.90 bits per heavy atom. The molecule has 21 heavy (non-hydrogen) atoms. The van der Waals surface area contributed by atoms with Crippen LogP contribution in [0.2, 0.25) is 0 Å². The summed E-state index contributed by atoms with van der Waals surface area (Å²) >= 11 is 0. The quantitative estimate of drug-likeness (QED) is 0.921. The Morgan fingerprint density at radius 1 is 1.33 bits per heavy atom. The van der Waals surface area contributed by atoms with Crippen LogP contribution in [-0.2, 0) is 19.5 Å². The van der Waals surface area contributed by atoms with Gasteiger partial charge in [0.15, 0.2) is 5.79 Å². The smallest absolute Gasteiger partial charge is 0.241 e. The van der Waals surface area contributed by atoms with Crippen molar-refractivity contribution in [2.75, 3.05) is 13.2 Å². The van der Waals surface area contributed by atoms with Crippen LogP contribution in [0.5, 0.6) is 0 Å². The predicted octanol–water partition coefficient (Wildman–Crippen LogP) is 1.87. The van der Waals surface area contributed by atoms with E-state index in [1.165, 1.54) is 12.1 Å². The van der Waals surface area contributed by atoms with E-state index in [1.54, 1.807) is 27.7 Å². The van der Waals surface area contributed by atoms with E-state index < -0.39 is 21.6 Å². The van der Waals surface area contributed by atoms with E-state index in [0.29, 0.717) is 17.7 Å². The van der Waals surface area contributed by atoms with Gasteiger partial charge in [-0.3, -0.25) is 0 Å². The lowest BCUT2D eigenvalue weighted by Crippen LogP contribution is -2.35. The van der Waals surface area contributed by atoms with Crippen LogP contribution in [0.3, 0.4) is 0 Å². The summed E-state index contributed by atoms with van der Waals surface area (Å²) in [7, 11) is -3.72. The molecule has 0 aromatic heterocycles. The third kappa shape index (κ3) is 3.79. The van der Waals surface area contributed by atoms with E-state index >= 15 is 0 Å². The molecule has 0 aliphatic carbocycles. The van der Waals surface area contributed by atoms with Gasteiger partial charge >= 0.3 is 0 Å². The molecule has 7 heteroatoms. The number of aryl methyl sites for hydroxylation is 2. The predicted molar refractivity (Wildman–Crippen MR) is 76.0 cm³/mol. The van der Waals surface area contributed by atoms with Gasteiger partial charge < -0.3 is 9.47 Å². The number of halogens is 1. The summed E-state index contributed by atoms with van der Waals surface area (Å²) in [5, 5.41) is 0. The van der Waals surface area contributed by atoms with Gasteiger partial charge in [0, 0.05) is 6.54 Å².